The third-order valence-electron chi connectivity index (χ3n) is 4.56. The summed E-state index contributed by atoms with van der Waals surface area (Å²) >= 11 is 0. The molecular formula is C21H21N3O4. The van der Waals surface area contributed by atoms with Gasteiger partial charge in [0.2, 0.25) is 5.78 Å². The molecule has 0 saturated carbocycles. The average molecular weight is 379 g/mol. The van der Waals surface area contributed by atoms with Crippen LogP contribution in [0.25, 0.3) is 11.3 Å². The highest BCUT2D eigenvalue weighted by Gasteiger charge is 2.26. The number of carbonyl (C=O) groups excluding carboxylic acids is 3. The summed E-state index contributed by atoms with van der Waals surface area (Å²) in [5.74, 6) is -1.20. The lowest BCUT2D eigenvalue weighted by Crippen LogP contribution is -2.25. The molecule has 3 rings (SSSR count). The first-order valence-electron chi connectivity index (χ1n) is 8.85. The molecule has 0 unspecified atom stereocenters. The van der Waals surface area contributed by atoms with Gasteiger partial charge in [-0.05, 0) is 39.3 Å². The fourth-order valence-corrected chi connectivity index (χ4v) is 3.19. The summed E-state index contributed by atoms with van der Waals surface area (Å²) in [6.07, 6.45) is -1.02. The van der Waals surface area contributed by atoms with E-state index in [2.05, 4.69) is 15.2 Å². The van der Waals surface area contributed by atoms with Gasteiger partial charge >= 0.3 is 5.97 Å². The predicted octanol–water partition coefficient (Wildman–Crippen LogP) is 3.65. The first-order chi connectivity index (χ1) is 13.3. The highest BCUT2D eigenvalue weighted by Crippen LogP contribution is 2.21. The van der Waals surface area contributed by atoms with Gasteiger partial charge in [-0.15, -0.1) is 0 Å². The topological polar surface area (TPSA) is 105 Å². The van der Waals surface area contributed by atoms with Gasteiger partial charge < -0.3 is 9.72 Å². The average Bonchev–Trinajstić information content (AvgIpc) is 3.26. The minimum Gasteiger partial charge on any atom is -0.449 e. The van der Waals surface area contributed by atoms with Crippen molar-refractivity contribution in [3.05, 3.63) is 64.6 Å². The van der Waals surface area contributed by atoms with Gasteiger partial charge in [-0.25, -0.2) is 4.79 Å². The zero-order valence-electron chi connectivity index (χ0n) is 16.1. The zero-order valence-corrected chi connectivity index (χ0v) is 16.1. The summed E-state index contributed by atoms with van der Waals surface area (Å²) in [6.45, 7) is 6.37. The number of aryl methyl sites for hydroxylation is 1. The molecule has 2 N–H and O–H groups in total. The molecule has 1 aromatic carbocycles. The Kier molecular flexibility index (Phi) is 5.26. The Morgan fingerprint density at radius 2 is 1.79 bits per heavy atom. The van der Waals surface area contributed by atoms with E-state index in [9.17, 15) is 14.4 Å². The van der Waals surface area contributed by atoms with E-state index >= 15 is 0 Å². The van der Waals surface area contributed by atoms with Gasteiger partial charge in [-0.2, -0.15) is 5.10 Å². The lowest BCUT2D eigenvalue weighted by molar-refractivity contribution is 0.0311. The number of aromatic nitrogens is 3. The van der Waals surface area contributed by atoms with Crippen LogP contribution in [0.4, 0.5) is 0 Å². The van der Waals surface area contributed by atoms with Crippen molar-refractivity contribution in [1.82, 2.24) is 15.2 Å². The van der Waals surface area contributed by atoms with Crippen molar-refractivity contribution in [3.63, 3.8) is 0 Å². The lowest BCUT2D eigenvalue weighted by Gasteiger charge is -2.11. The number of nitrogens with zero attached hydrogens (tertiary/aromatic N) is 1. The molecule has 0 radical (unpaired) electrons. The van der Waals surface area contributed by atoms with Gasteiger partial charge in [-0.1, -0.05) is 30.3 Å². The van der Waals surface area contributed by atoms with Gasteiger partial charge in [0.15, 0.2) is 11.9 Å². The Morgan fingerprint density at radius 1 is 1.11 bits per heavy atom. The largest absolute Gasteiger partial charge is 0.449 e. The van der Waals surface area contributed by atoms with Crippen LogP contribution in [0.15, 0.2) is 36.4 Å². The van der Waals surface area contributed by atoms with Crippen molar-refractivity contribution >= 4 is 17.5 Å². The van der Waals surface area contributed by atoms with Crippen molar-refractivity contribution in [2.24, 2.45) is 0 Å². The van der Waals surface area contributed by atoms with Crippen molar-refractivity contribution in [1.29, 1.82) is 0 Å². The van der Waals surface area contributed by atoms with E-state index in [4.69, 9.17) is 4.74 Å². The molecule has 0 aliphatic carbocycles. The number of H-pyrrole nitrogens is 2. The van der Waals surface area contributed by atoms with E-state index in [-0.39, 0.29) is 17.2 Å². The Labute approximate surface area is 162 Å². The van der Waals surface area contributed by atoms with Gasteiger partial charge in [0, 0.05) is 16.8 Å². The van der Waals surface area contributed by atoms with Gasteiger partial charge in [0.1, 0.15) is 5.69 Å². The van der Waals surface area contributed by atoms with Crippen molar-refractivity contribution in [2.75, 3.05) is 0 Å². The van der Waals surface area contributed by atoms with E-state index < -0.39 is 17.9 Å². The summed E-state index contributed by atoms with van der Waals surface area (Å²) in [7, 11) is 0. The minimum atomic E-state index is -1.02. The first kappa shape index (κ1) is 19.3. The monoisotopic (exact) mass is 379 g/mol. The highest BCUT2D eigenvalue weighted by atomic mass is 16.5. The molecule has 0 fully saturated rings. The molecule has 28 heavy (non-hydrogen) atoms. The van der Waals surface area contributed by atoms with Gasteiger partial charge in [0.05, 0.1) is 11.4 Å². The van der Waals surface area contributed by atoms with Gasteiger partial charge in [-0.3, -0.25) is 14.7 Å². The summed E-state index contributed by atoms with van der Waals surface area (Å²) in [6, 6.07) is 11.0. The molecule has 0 aliphatic rings. The number of nitrogens with one attached hydrogen (secondary N) is 2. The van der Waals surface area contributed by atoms with Crippen molar-refractivity contribution < 1.29 is 19.1 Å². The molecule has 3 aromatic rings. The Hall–Kier alpha value is -3.48. The van der Waals surface area contributed by atoms with Crippen LogP contribution in [0.5, 0.6) is 0 Å². The Bertz CT molecular complexity index is 1050. The fraction of sp³-hybridized carbons (Fsp3) is 0.238. The first-order valence-corrected chi connectivity index (χ1v) is 8.85. The maximum atomic E-state index is 12.7. The number of carbonyl (C=O) groups is 3. The highest BCUT2D eigenvalue weighted by molar-refractivity contribution is 6.05. The molecule has 0 saturated heterocycles. The predicted molar refractivity (Wildman–Crippen MR) is 104 cm³/mol. The molecule has 2 heterocycles. The number of benzene rings is 1. The number of ketones is 2. The molecule has 1 atom stereocenters. The number of hydrogen-bond donors (Lipinski definition) is 2. The molecule has 0 spiro atoms. The van der Waals surface area contributed by atoms with Crippen molar-refractivity contribution in [2.45, 2.75) is 33.8 Å². The van der Waals surface area contributed by atoms with E-state index in [0.29, 0.717) is 22.5 Å². The molecule has 0 aliphatic heterocycles. The van der Waals surface area contributed by atoms with Crippen LogP contribution < -0.4 is 0 Å². The smallest absolute Gasteiger partial charge is 0.357 e. The van der Waals surface area contributed by atoms with Crippen LogP contribution in [-0.4, -0.2) is 38.8 Å². The zero-order chi connectivity index (χ0) is 20.4. The standard InChI is InChI=1S/C21H21N3O4/c1-11-18(13(3)25)12(2)22-19(11)20(26)14(4)28-21(27)17-10-16(23-24-17)15-8-6-5-7-9-15/h5-10,14,22H,1-4H3,(H,23,24)/t14-/m1/s1. The number of Topliss-reactive ketones (excluding diaryl/α,β-unsaturated/α-hetero) is 2. The van der Waals surface area contributed by atoms with Crippen LogP contribution in [0, 0.1) is 13.8 Å². The van der Waals surface area contributed by atoms with Crippen LogP contribution in [-0.2, 0) is 4.74 Å². The number of hydrogen-bond acceptors (Lipinski definition) is 5. The van der Waals surface area contributed by atoms with E-state index in [1.807, 2.05) is 30.3 Å². The molecule has 0 bridgehead atoms. The normalized spacial score (nSPS) is 11.9. The van der Waals surface area contributed by atoms with Crippen LogP contribution in [0.3, 0.4) is 0 Å². The second-order valence-electron chi connectivity index (χ2n) is 6.63. The number of rotatable bonds is 6. The molecule has 144 valence electrons. The molecule has 7 nitrogen and oxygen atoms in total. The van der Waals surface area contributed by atoms with Crippen LogP contribution in [0.2, 0.25) is 0 Å². The number of aromatic amines is 2. The number of esters is 1. The van der Waals surface area contributed by atoms with E-state index in [0.717, 1.165) is 5.56 Å². The second-order valence-corrected chi connectivity index (χ2v) is 6.63. The van der Waals surface area contributed by atoms with Crippen molar-refractivity contribution in [3.8, 4) is 11.3 Å². The maximum absolute atomic E-state index is 12.7. The summed E-state index contributed by atoms with van der Waals surface area (Å²) in [5.41, 5.74) is 3.56. The van der Waals surface area contributed by atoms with Crippen LogP contribution >= 0.6 is 0 Å². The SMILES string of the molecule is CC(=O)c1c(C)[nH]c(C(=O)[C@@H](C)OC(=O)c2cc(-c3ccccc3)n[nH]2)c1C. The maximum Gasteiger partial charge on any atom is 0.357 e. The quantitative estimate of drug-likeness (QED) is 0.502. The third kappa shape index (κ3) is 3.64. The molecular weight excluding hydrogens is 358 g/mol. The molecule has 7 heteroatoms. The summed E-state index contributed by atoms with van der Waals surface area (Å²) < 4.78 is 5.30. The lowest BCUT2D eigenvalue weighted by atomic mass is 10.0. The van der Waals surface area contributed by atoms with Crippen LogP contribution in [0.1, 0.15) is 56.4 Å². The van der Waals surface area contributed by atoms with E-state index in [1.165, 1.54) is 13.8 Å². The molecule has 0 amide bonds. The Balaban J connectivity index is 1.74. The second kappa shape index (κ2) is 7.64. The minimum absolute atomic E-state index is 0.124. The number of ether oxygens (including phenoxy) is 1. The fourth-order valence-electron chi connectivity index (χ4n) is 3.19. The van der Waals surface area contributed by atoms with Gasteiger partial charge in [0.25, 0.3) is 0 Å². The third-order valence-corrected chi connectivity index (χ3v) is 4.56. The van der Waals surface area contributed by atoms with E-state index in [1.54, 1.807) is 19.9 Å². The summed E-state index contributed by atoms with van der Waals surface area (Å²) in [5, 5.41) is 6.75. The molecule has 2 aromatic heterocycles. The Morgan fingerprint density at radius 3 is 2.39 bits per heavy atom. The summed E-state index contributed by atoms with van der Waals surface area (Å²) in [4.78, 5) is 39.8.